The number of pyridine rings is 1. The Morgan fingerprint density at radius 2 is 1.89 bits per heavy atom. The lowest BCUT2D eigenvalue weighted by atomic mass is 9.91. The molecule has 4 unspecified atom stereocenters. The zero-order chi connectivity index (χ0) is 27.5. The second-order valence-electron chi connectivity index (χ2n) is 9.37. The molecule has 0 bridgehead atoms. The fourth-order valence-corrected chi connectivity index (χ4v) is 3.93. The normalized spacial score (nSPS) is 22.2. The van der Waals surface area contributed by atoms with E-state index in [4.69, 9.17) is 18.9 Å². The van der Waals surface area contributed by atoms with Gasteiger partial charge in [0.15, 0.2) is 29.3 Å². The van der Waals surface area contributed by atoms with Gasteiger partial charge in [0.1, 0.15) is 12.7 Å². The molecule has 11 heteroatoms. The summed E-state index contributed by atoms with van der Waals surface area (Å²) in [7, 11) is 1.32. The van der Waals surface area contributed by atoms with Gasteiger partial charge < -0.3 is 29.4 Å². The third-order valence-electron chi connectivity index (χ3n) is 6.11. The van der Waals surface area contributed by atoms with E-state index in [1.54, 1.807) is 13.8 Å². The lowest BCUT2D eigenvalue weighted by Gasteiger charge is -2.29. The molecule has 0 radical (unpaired) electrons. The predicted octanol–water partition coefficient (Wildman–Crippen LogP) is 2.93. The number of carbonyl (C=O) groups is 4. The third kappa shape index (κ3) is 8.33. The Hall–Kier alpha value is -3.37. The van der Waals surface area contributed by atoms with E-state index in [2.05, 4.69) is 17.2 Å². The molecule has 1 aliphatic rings. The number of esters is 3. The van der Waals surface area contributed by atoms with Gasteiger partial charge in [-0.1, -0.05) is 52.9 Å². The van der Waals surface area contributed by atoms with Crippen molar-refractivity contribution >= 4 is 23.8 Å². The zero-order valence-electron chi connectivity index (χ0n) is 22.2. The molecule has 1 aliphatic heterocycles. The topological polar surface area (TPSA) is 150 Å². The average Bonchev–Trinajstić information content (AvgIpc) is 2.89. The summed E-state index contributed by atoms with van der Waals surface area (Å²) in [6, 6.07) is -0.0128. The largest absolute Gasteiger partial charge is 0.503 e. The highest BCUT2D eigenvalue weighted by atomic mass is 16.6. The van der Waals surface area contributed by atoms with Crippen LogP contribution in [0.25, 0.3) is 0 Å². The van der Waals surface area contributed by atoms with Crippen LogP contribution >= 0.6 is 0 Å². The van der Waals surface area contributed by atoms with E-state index in [0.29, 0.717) is 12.8 Å². The summed E-state index contributed by atoms with van der Waals surface area (Å²) in [6.45, 7) is 6.47. The maximum Gasteiger partial charge on any atom is 0.332 e. The van der Waals surface area contributed by atoms with Crippen LogP contribution in [0.5, 0.6) is 11.5 Å². The van der Waals surface area contributed by atoms with Gasteiger partial charge in [0.2, 0.25) is 0 Å². The van der Waals surface area contributed by atoms with Crippen LogP contribution < -0.4 is 10.1 Å². The van der Waals surface area contributed by atoms with Gasteiger partial charge in [-0.25, -0.2) is 9.78 Å². The molecule has 11 nitrogen and oxygen atoms in total. The summed E-state index contributed by atoms with van der Waals surface area (Å²) in [4.78, 5) is 55.1. The maximum absolute atomic E-state index is 13.1. The Morgan fingerprint density at radius 1 is 1.19 bits per heavy atom. The summed E-state index contributed by atoms with van der Waals surface area (Å²) in [5.74, 6) is -4.73. The van der Waals surface area contributed by atoms with Gasteiger partial charge in [-0.2, -0.15) is 0 Å². The summed E-state index contributed by atoms with van der Waals surface area (Å²) in [5.41, 5.74) is -0.375. The number of aromatic nitrogens is 1. The van der Waals surface area contributed by atoms with Crippen molar-refractivity contribution in [3.63, 3.8) is 0 Å². The standard InChI is InChI=1S/C26H38N2O9/c1-6-7-8-9-10-11-17-22(37-24(31)15(2)3)16(4)36-26(33)18(14-35-25(17)32)28-23(30)20-21(29)19(34-5)12-13-27-20/h12-13,15-18,22,29H,6-11,14H2,1-5H3,(H,28,30). The van der Waals surface area contributed by atoms with E-state index in [0.717, 1.165) is 25.7 Å². The highest BCUT2D eigenvalue weighted by molar-refractivity contribution is 5.98. The Bertz CT molecular complexity index is 950. The first-order chi connectivity index (χ1) is 17.6. The van der Waals surface area contributed by atoms with Crippen LogP contribution in [0.4, 0.5) is 0 Å². The summed E-state index contributed by atoms with van der Waals surface area (Å²) in [5, 5.41) is 12.6. The molecule has 1 aromatic heterocycles. The van der Waals surface area contributed by atoms with E-state index in [9.17, 15) is 24.3 Å². The van der Waals surface area contributed by atoms with E-state index >= 15 is 0 Å². The second-order valence-corrected chi connectivity index (χ2v) is 9.37. The number of methoxy groups -OCH3 is 1. The highest BCUT2D eigenvalue weighted by Crippen LogP contribution is 2.28. The Labute approximate surface area is 217 Å². The smallest absolute Gasteiger partial charge is 0.332 e. The number of nitrogens with zero attached hydrogens (tertiary/aromatic N) is 1. The van der Waals surface area contributed by atoms with Crippen molar-refractivity contribution in [2.75, 3.05) is 13.7 Å². The monoisotopic (exact) mass is 522 g/mol. The minimum absolute atomic E-state index is 0.0221. The van der Waals surface area contributed by atoms with Gasteiger partial charge >= 0.3 is 17.9 Å². The van der Waals surface area contributed by atoms with E-state index < -0.39 is 66.3 Å². The van der Waals surface area contributed by atoms with Crippen LogP contribution in [-0.4, -0.2) is 65.9 Å². The van der Waals surface area contributed by atoms with Crippen molar-refractivity contribution in [3.05, 3.63) is 18.0 Å². The van der Waals surface area contributed by atoms with Gasteiger partial charge in [0.25, 0.3) is 5.91 Å². The minimum Gasteiger partial charge on any atom is -0.503 e. The van der Waals surface area contributed by atoms with E-state index in [1.807, 2.05) is 0 Å². The quantitative estimate of drug-likeness (QED) is 0.252. The van der Waals surface area contributed by atoms with E-state index in [-0.39, 0.29) is 11.4 Å². The fraction of sp³-hybridized carbons (Fsp3) is 0.654. The molecule has 1 fully saturated rings. The van der Waals surface area contributed by atoms with Crippen LogP contribution in [-0.2, 0) is 28.6 Å². The molecule has 1 saturated heterocycles. The Balaban J connectivity index is 2.24. The number of ether oxygens (including phenoxy) is 4. The van der Waals surface area contributed by atoms with Gasteiger partial charge in [-0.15, -0.1) is 0 Å². The molecule has 2 N–H and O–H groups in total. The fourth-order valence-electron chi connectivity index (χ4n) is 3.93. The first kappa shape index (κ1) is 29.9. The number of rotatable bonds is 11. The molecule has 2 rings (SSSR count). The molecule has 37 heavy (non-hydrogen) atoms. The molecule has 0 saturated carbocycles. The number of hydrogen-bond donors (Lipinski definition) is 2. The number of cyclic esters (lactones) is 2. The Morgan fingerprint density at radius 3 is 2.54 bits per heavy atom. The molecule has 0 spiro atoms. The second kappa shape index (κ2) is 14.4. The summed E-state index contributed by atoms with van der Waals surface area (Å²) < 4.78 is 21.6. The molecule has 0 aromatic carbocycles. The highest BCUT2D eigenvalue weighted by Gasteiger charge is 2.42. The number of carbonyl (C=O) groups excluding carboxylic acids is 4. The van der Waals surface area contributed by atoms with Crippen LogP contribution in [0.2, 0.25) is 0 Å². The molecular formula is C26H38N2O9. The van der Waals surface area contributed by atoms with Gasteiger partial charge in [0.05, 0.1) is 18.9 Å². The average molecular weight is 523 g/mol. The minimum atomic E-state index is -1.38. The summed E-state index contributed by atoms with van der Waals surface area (Å²) in [6.07, 6.45) is 4.38. The van der Waals surface area contributed by atoms with Crippen LogP contribution in [0, 0.1) is 11.8 Å². The molecule has 1 amide bonds. The molecule has 4 atom stereocenters. The molecule has 1 aromatic rings. The van der Waals surface area contributed by atoms with E-state index in [1.165, 1.54) is 26.3 Å². The van der Waals surface area contributed by atoms with Crippen LogP contribution in [0.3, 0.4) is 0 Å². The lowest BCUT2D eigenvalue weighted by Crippen LogP contribution is -2.46. The third-order valence-corrected chi connectivity index (χ3v) is 6.11. The maximum atomic E-state index is 13.1. The van der Waals surface area contributed by atoms with Crippen molar-refractivity contribution in [2.45, 2.75) is 84.5 Å². The van der Waals surface area contributed by atoms with Gasteiger partial charge in [0, 0.05) is 12.3 Å². The number of hydrogen-bond acceptors (Lipinski definition) is 10. The number of aromatic hydroxyl groups is 1. The summed E-state index contributed by atoms with van der Waals surface area (Å²) >= 11 is 0. The van der Waals surface area contributed by atoms with Crippen molar-refractivity contribution < 1.29 is 43.2 Å². The first-order valence-corrected chi connectivity index (χ1v) is 12.7. The van der Waals surface area contributed by atoms with Gasteiger partial charge in [-0.3, -0.25) is 14.4 Å². The number of amides is 1. The lowest BCUT2D eigenvalue weighted by molar-refractivity contribution is -0.177. The van der Waals surface area contributed by atoms with Crippen LogP contribution in [0.15, 0.2) is 12.3 Å². The van der Waals surface area contributed by atoms with Crippen molar-refractivity contribution in [3.8, 4) is 11.5 Å². The molecule has 2 heterocycles. The van der Waals surface area contributed by atoms with Crippen LogP contribution in [0.1, 0.15) is 76.7 Å². The Kier molecular flexibility index (Phi) is 11.6. The SMILES string of the molecule is CCCCCCCC1C(=O)OCC(NC(=O)c2nccc(OC)c2O)C(=O)OC(C)C1OC(=O)C(C)C. The molecular weight excluding hydrogens is 484 g/mol. The molecule has 0 aliphatic carbocycles. The number of nitrogens with one attached hydrogen (secondary N) is 1. The first-order valence-electron chi connectivity index (χ1n) is 12.7. The number of unbranched alkanes of at least 4 members (excludes halogenated alkanes) is 4. The molecule has 206 valence electrons. The van der Waals surface area contributed by atoms with Crippen molar-refractivity contribution in [1.29, 1.82) is 0 Å². The van der Waals surface area contributed by atoms with Crippen molar-refractivity contribution in [2.24, 2.45) is 11.8 Å². The predicted molar refractivity (Wildman–Crippen MR) is 132 cm³/mol. The van der Waals surface area contributed by atoms with Crippen molar-refractivity contribution in [1.82, 2.24) is 10.3 Å². The zero-order valence-corrected chi connectivity index (χ0v) is 22.2. The van der Waals surface area contributed by atoms with Gasteiger partial charge in [-0.05, 0) is 13.3 Å².